The van der Waals surface area contributed by atoms with Crippen LogP contribution in [0.4, 0.5) is 0 Å². The van der Waals surface area contributed by atoms with Crippen molar-refractivity contribution in [2.75, 3.05) is 0 Å². The van der Waals surface area contributed by atoms with Gasteiger partial charge in [-0.25, -0.2) is 9.59 Å². The van der Waals surface area contributed by atoms with Crippen LogP contribution in [0.25, 0.3) is 0 Å². The van der Waals surface area contributed by atoms with Gasteiger partial charge in [0, 0.05) is 0 Å². The SMILES string of the molecule is CC(C)(C)CC(N)(C(=O)O)C(=O)OCc1ccccc1. The fourth-order valence-electron chi connectivity index (χ4n) is 1.92. The molecule has 1 unspecified atom stereocenters. The Morgan fingerprint density at radius 2 is 1.75 bits per heavy atom. The summed E-state index contributed by atoms with van der Waals surface area (Å²) in [5, 5.41) is 9.24. The molecular weight excluding hydrogens is 258 g/mol. The van der Waals surface area contributed by atoms with Crippen LogP contribution in [0.1, 0.15) is 32.8 Å². The first kappa shape index (κ1) is 16.2. The van der Waals surface area contributed by atoms with E-state index < -0.39 is 22.9 Å². The minimum atomic E-state index is -2.02. The van der Waals surface area contributed by atoms with Crippen LogP contribution in [-0.2, 0) is 20.9 Å². The summed E-state index contributed by atoms with van der Waals surface area (Å²) < 4.78 is 5.06. The third-order valence-electron chi connectivity index (χ3n) is 2.77. The summed E-state index contributed by atoms with van der Waals surface area (Å²) in [6, 6.07) is 9.04. The van der Waals surface area contributed by atoms with Gasteiger partial charge in [0.05, 0.1) is 0 Å². The second-order valence-corrected chi connectivity index (χ2v) is 6.08. The Kier molecular flexibility index (Phi) is 4.89. The van der Waals surface area contributed by atoms with Crippen LogP contribution < -0.4 is 5.73 Å². The molecule has 5 heteroatoms. The van der Waals surface area contributed by atoms with Gasteiger partial charge in [-0.1, -0.05) is 51.1 Å². The molecule has 1 rings (SSSR count). The summed E-state index contributed by atoms with van der Waals surface area (Å²) in [7, 11) is 0. The first-order valence-electron chi connectivity index (χ1n) is 6.38. The molecule has 0 aliphatic carbocycles. The van der Waals surface area contributed by atoms with E-state index in [-0.39, 0.29) is 13.0 Å². The molecule has 0 fully saturated rings. The average Bonchev–Trinajstić information content (AvgIpc) is 2.34. The van der Waals surface area contributed by atoms with Gasteiger partial charge in [-0.05, 0) is 17.4 Å². The van der Waals surface area contributed by atoms with E-state index in [1.807, 2.05) is 39.0 Å². The Morgan fingerprint density at radius 1 is 1.20 bits per heavy atom. The zero-order valence-corrected chi connectivity index (χ0v) is 12.1. The number of carbonyl (C=O) groups is 2. The number of aliphatic carboxylic acids is 1. The highest BCUT2D eigenvalue weighted by Crippen LogP contribution is 2.27. The Labute approximate surface area is 118 Å². The Morgan fingerprint density at radius 3 is 2.20 bits per heavy atom. The largest absolute Gasteiger partial charge is 0.479 e. The number of rotatable bonds is 5. The molecule has 0 aromatic heterocycles. The number of benzene rings is 1. The smallest absolute Gasteiger partial charge is 0.338 e. The highest BCUT2D eigenvalue weighted by Gasteiger charge is 2.46. The Hall–Kier alpha value is -1.88. The van der Waals surface area contributed by atoms with Crippen LogP contribution in [0.3, 0.4) is 0 Å². The maximum absolute atomic E-state index is 12.0. The van der Waals surface area contributed by atoms with Crippen molar-refractivity contribution in [2.45, 2.75) is 39.3 Å². The second kappa shape index (κ2) is 6.05. The number of ether oxygens (including phenoxy) is 1. The predicted octanol–water partition coefficient (Wildman–Crippen LogP) is 1.95. The van der Waals surface area contributed by atoms with Crippen molar-refractivity contribution in [2.24, 2.45) is 11.1 Å². The van der Waals surface area contributed by atoms with E-state index >= 15 is 0 Å². The van der Waals surface area contributed by atoms with Gasteiger partial charge < -0.3 is 15.6 Å². The number of nitrogens with two attached hydrogens (primary N) is 1. The average molecular weight is 279 g/mol. The predicted molar refractivity (Wildman–Crippen MR) is 74.9 cm³/mol. The number of esters is 1. The van der Waals surface area contributed by atoms with Gasteiger partial charge in [-0.15, -0.1) is 0 Å². The Balaban J connectivity index is 2.77. The lowest BCUT2D eigenvalue weighted by Crippen LogP contribution is -2.57. The topological polar surface area (TPSA) is 89.6 Å². The monoisotopic (exact) mass is 279 g/mol. The molecule has 0 saturated carbocycles. The van der Waals surface area contributed by atoms with E-state index in [1.165, 1.54) is 0 Å². The molecule has 0 spiro atoms. The van der Waals surface area contributed by atoms with Gasteiger partial charge >= 0.3 is 11.9 Å². The van der Waals surface area contributed by atoms with Crippen LogP contribution in [0.2, 0.25) is 0 Å². The number of hydrogen-bond donors (Lipinski definition) is 2. The molecule has 110 valence electrons. The summed E-state index contributed by atoms with van der Waals surface area (Å²) in [5.74, 6) is -2.28. The summed E-state index contributed by atoms with van der Waals surface area (Å²) >= 11 is 0. The van der Waals surface area contributed by atoms with Crippen LogP contribution in [-0.4, -0.2) is 22.6 Å². The molecule has 0 bridgehead atoms. The van der Waals surface area contributed by atoms with Crippen LogP contribution in [0.5, 0.6) is 0 Å². The number of carboxylic acids is 1. The molecular formula is C15H21NO4. The Bertz CT molecular complexity index is 478. The van der Waals surface area contributed by atoms with E-state index in [1.54, 1.807) is 12.1 Å². The molecule has 1 aromatic carbocycles. The van der Waals surface area contributed by atoms with Gasteiger partial charge in [0.2, 0.25) is 5.54 Å². The van der Waals surface area contributed by atoms with Crippen LogP contribution in [0.15, 0.2) is 30.3 Å². The van der Waals surface area contributed by atoms with Gasteiger partial charge in [-0.3, -0.25) is 0 Å². The minimum absolute atomic E-state index is 0.00293. The highest BCUT2D eigenvalue weighted by atomic mass is 16.5. The van der Waals surface area contributed by atoms with Crippen molar-refractivity contribution in [3.05, 3.63) is 35.9 Å². The highest BCUT2D eigenvalue weighted by molar-refractivity contribution is 6.03. The van der Waals surface area contributed by atoms with Crippen molar-refractivity contribution in [1.29, 1.82) is 0 Å². The molecule has 0 amide bonds. The van der Waals surface area contributed by atoms with Crippen LogP contribution in [0, 0.1) is 5.41 Å². The zero-order valence-electron chi connectivity index (χ0n) is 12.1. The standard InChI is InChI=1S/C15H21NO4/c1-14(2,3)10-15(16,12(17)18)13(19)20-9-11-7-5-4-6-8-11/h4-8H,9-10,16H2,1-3H3,(H,17,18). The third kappa shape index (κ3) is 4.35. The fraction of sp³-hybridized carbons (Fsp3) is 0.467. The lowest BCUT2D eigenvalue weighted by atomic mass is 9.80. The summed E-state index contributed by atoms with van der Waals surface area (Å²) in [4.78, 5) is 23.4. The van der Waals surface area contributed by atoms with E-state index in [0.29, 0.717) is 0 Å². The van der Waals surface area contributed by atoms with E-state index in [0.717, 1.165) is 5.56 Å². The molecule has 0 aliphatic rings. The quantitative estimate of drug-likeness (QED) is 0.635. The lowest BCUT2D eigenvalue weighted by molar-refractivity contribution is -0.163. The molecule has 0 radical (unpaired) electrons. The molecule has 0 heterocycles. The van der Waals surface area contributed by atoms with E-state index in [4.69, 9.17) is 10.5 Å². The minimum Gasteiger partial charge on any atom is -0.479 e. The molecule has 0 saturated heterocycles. The fourth-order valence-corrected chi connectivity index (χ4v) is 1.92. The summed E-state index contributed by atoms with van der Waals surface area (Å²) in [6.45, 7) is 5.47. The van der Waals surface area contributed by atoms with Crippen molar-refractivity contribution < 1.29 is 19.4 Å². The van der Waals surface area contributed by atoms with Gasteiger partial charge in [-0.2, -0.15) is 0 Å². The second-order valence-electron chi connectivity index (χ2n) is 6.08. The summed E-state index contributed by atoms with van der Waals surface area (Å²) in [5.41, 5.74) is 4.12. The molecule has 1 atom stereocenters. The number of carbonyl (C=O) groups excluding carboxylic acids is 1. The first-order chi connectivity index (χ1) is 9.15. The lowest BCUT2D eigenvalue weighted by Gasteiger charge is -2.29. The summed E-state index contributed by atoms with van der Waals surface area (Å²) in [6.07, 6.45) is 0.00293. The molecule has 0 aliphatic heterocycles. The number of hydrogen-bond acceptors (Lipinski definition) is 4. The molecule has 3 N–H and O–H groups in total. The first-order valence-corrected chi connectivity index (χ1v) is 6.38. The van der Waals surface area contributed by atoms with Gasteiger partial charge in [0.1, 0.15) is 6.61 Å². The number of carboxylic acid groups (broad SMARTS) is 1. The normalized spacial score (nSPS) is 14.4. The maximum atomic E-state index is 12.0. The molecule has 1 aromatic rings. The van der Waals surface area contributed by atoms with E-state index in [9.17, 15) is 14.7 Å². The maximum Gasteiger partial charge on any atom is 0.338 e. The molecule has 20 heavy (non-hydrogen) atoms. The third-order valence-corrected chi connectivity index (χ3v) is 2.77. The van der Waals surface area contributed by atoms with E-state index in [2.05, 4.69) is 0 Å². The van der Waals surface area contributed by atoms with Crippen molar-refractivity contribution in [1.82, 2.24) is 0 Å². The van der Waals surface area contributed by atoms with Crippen molar-refractivity contribution in [3.63, 3.8) is 0 Å². The zero-order chi connectivity index (χ0) is 15.4. The van der Waals surface area contributed by atoms with Gasteiger partial charge in [0.25, 0.3) is 0 Å². The van der Waals surface area contributed by atoms with Gasteiger partial charge in [0.15, 0.2) is 0 Å². The van der Waals surface area contributed by atoms with Crippen molar-refractivity contribution >= 4 is 11.9 Å². The van der Waals surface area contributed by atoms with Crippen LogP contribution >= 0.6 is 0 Å². The van der Waals surface area contributed by atoms with Crippen molar-refractivity contribution in [3.8, 4) is 0 Å². The molecule has 5 nitrogen and oxygen atoms in total.